The summed E-state index contributed by atoms with van der Waals surface area (Å²) in [6, 6.07) is 5.05. The lowest BCUT2D eigenvalue weighted by Crippen LogP contribution is -2.44. The Kier molecular flexibility index (Phi) is 7.90. The number of halogens is 1. The number of aliphatic carboxylic acids is 1. The fraction of sp³-hybridized carbons (Fsp3) is 0.467. The van der Waals surface area contributed by atoms with Gasteiger partial charge in [-0.1, -0.05) is 6.92 Å². The number of amides is 1. The molecule has 1 amide bonds. The maximum atomic E-state index is 12.8. The minimum Gasteiger partial charge on any atom is -0.480 e. The molecular weight excluding hydrogens is 309 g/mol. The van der Waals surface area contributed by atoms with Gasteiger partial charge in [0.25, 0.3) is 0 Å². The van der Waals surface area contributed by atoms with Crippen LogP contribution >= 0.6 is 11.8 Å². The molecule has 0 aliphatic heterocycles. The highest BCUT2D eigenvalue weighted by Crippen LogP contribution is 2.21. The van der Waals surface area contributed by atoms with Gasteiger partial charge in [0.05, 0.1) is 0 Å². The minimum atomic E-state index is -1.08. The molecule has 0 radical (unpaired) electrons. The van der Waals surface area contributed by atoms with Crippen molar-refractivity contribution < 1.29 is 23.8 Å². The Labute approximate surface area is 133 Å². The summed E-state index contributed by atoms with van der Waals surface area (Å²) in [6.07, 6.45) is 0.218. The Bertz CT molecular complexity index is 495. The highest BCUT2D eigenvalue weighted by atomic mass is 32.2. The third-order valence-electron chi connectivity index (χ3n) is 2.99. The molecule has 22 heavy (non-hydrogen) atoms. The smallest absolute Gasteiger partial charge is 0.326 e. The van der Waals surface area contributed by atoms with Gasteiger partial charge in [-0.15, -0.1) is 11.8 Å². The predicted octanol–water partition coefficient (Wildman–Crippen LogP) is 2.16. The summed E-state index contributed by atoms with van der Waals surface area (Å²) < 4.78 is 17.6. The van der Waals surface area contributed by atoms with Crippen LogP contribution in [0.2, 0.25) is 0 Å². The molecule has 0 saturated heterocycles. The lowest BCUT2D eigenvalue weighted by atomic mass is 10.1. The van der Waals surface area contributed by atoms with Gasteiger partial charge in [-0.05, 0) is 24.3 Å². The Morgan fingerprint density at radius 2 is 2.00 bits per heavy atom. The number of benzene rings is 1. The highest BCUT2D eigenvalue weighted by molar-refractivity contribution is 7.99. The van der Waals surface area contributed by atoms with Gasteiger partial charge in [0.1, 0.15) is 11.9 Å². The van der Waals surface area contributed by atoms with Gasteiger partial charge in [-0.25, -0.2) is 9.18 Å². The van der Waals surface area contributed by atoms with Gasteiger partial charge in [-0.2, -0.15) is 0 Å². The van der Waals surface area contributed by atoms with Crippen LogP contribution in [0, 0.1) is 11.7 Å². The molecule has 1 aromatic rings. The fourth-order valence-electron chi connectivity index (χ4n) is 1.63. The number of carbonyl (C=O) groups is 2. The first kappa shape index (κ1) is 18.4. The van der Waals surface area contributed by atoms with Gasteiger partial charge < -0.3 is 15.2 Å². The fourth-order valence-corrected chi connectivity index (χ4v) is 2.56. The summed E-state index contributed by atoms with van der Waals surface area (Å²) in [6.45, 7) is 1.98. The molecule has 2 unspecified atom stereocenters. The molecular formula is C15H20FNO4S. The van der Waals surface area contributed by atoms with E-state index in [1.807, 2.05) is 0 Å². The number of nitrogens with one attached hydrogen (secondary N) is 1. The molecule has 0 fully saturated rings. The number of carboxylic acid groups (broad SMARTS) is 1. The van der Waals surface area contributed by atoms with Gasteiger partial charge in [0.15, 0.2) is 0 Å². The van der Waals surface area contributed by atoms with Gasteiger partial charge >= 0.3 is 5.97 Å². The summed E-state index contributed by atoms with van der Waals surface area (Å²) >= 11 is 1.42. The molecule has 0 aliphatic rings. The number of hydrogen-bond acceptors (Lipinski definition) is 4. The minimum absolute atomic E-state index is 0.218. The Morgan fingerprint density at radius 3 is 2.55 bits per heavy atom. The topological polar surface area (TPSA) is 75.6 Å². The van der Waals surface area contributed by atoms with Crippen molar-refractivity contribution in [2.24, 2.45) is 5.92 Å². The number of hydrogen-bond donors (Lipinski definition) is 2. The van der Waals surface area contributed by atoms with Crippen molar-refractivity contribution >= 4 is 23.6 Å². The number of methoxy groups -OCH3 is 1. The van der Waals surface area contributed by atoms with Crippen molar-refractivity contribution in [1.29, 1.82) is 0 Å². The molecule has 0 spiro atoms. The van der Waals surface area contributed by atoms with E-state index >= 15 is 0 Å². The molecule has 1 rings (SSSR count). The number of rotatable bonds is 9. The molecule has 0 bridgehead atoms. The van der Waals surface area contributed by atoms with E-state index in [1.165, 1.54) is 31.0 Å². The quantitative estimate of drug-likeness (QED) is 0.679. The second kappa shape index (κ2) is 9.42. The molecule has 0 saturated carbocycles. The van der Waals surface area contributed by atoms with Crippen LogP contribution in [0.3, 0.4) is 0 Å². The summed E-state index contributed by atoms with van der Waals surface area (Å²) in [4.78, 5) is 23.9. The summed E-state index contributed by atoms with van der Waals surface area (Å²) in [5, 5.41) is 11.6. The van der Waals surface area contributed by atoms with E-state index in [9.17, 15) is 14.0 Å². The monoisotopic (exact) mass is 329 g/mol. The zero-order valence-corrected chi connectivity index (χ0v) is 13.4. The van der Waals surface area contributed by atoms with E-state index in [0.29, 0.717) is 5.75 Å². The molecule has 5 nitrogen and oxygen atoms in total. The van der Waals surface area contributed by atoms with E-state index in [-0.39, 0.29) is 30.7 Å². The number of ether oxygens (including phenoxy) is 1. The van der Waals surface area contributed by atoms with Crippen LogP contribution < -0.4 is 5.32 Å². The van der Waals surface area contributed by atoms with Gasteiger partial charge in [-0.3, -0.25) is 4.79 Å². The first-order chi connectivity index (χ1) is 10.4. The molecule has 7 heteroatoms. The lowest BCUT2D eigenvalue weighted by Gasteiger charge is -2.17. The number of thioether (sulfide) groups is 1. The van der Waals surface area contributed by atoms with Crippen LogP contribution in [0.15, 0.2) is 29.2 Å². The van der Waals surface area contributed by atoms with Crippen molar-refractivity contribution in [2.75, 3.05) is 19.5 Å². The van der Waals surface area contributed by atoms with Crippen molar-refractivity contribution in [3.63, 3.8) is 0 Å². The van der Waals surface area contributed by atoms with Crippen LogP contribution in [0.5, 0.6) is 0 Å². The zero-order valence-electron chi connectivity index (χ0n) is 12.5. The lowest BCUT2D eigenvalue weighted by molar-refractivity contribution is -0.142. The van der Waals surface area contributed by atoms with Gasteiger partial charge in [0.2, 0.25) is 5.91 Å². The van der Waals surface area contributed by atoms with E-state index < -0.39 is 12.0 Å². The van der Waals surface area contributed by atoms with Crippen molar-refractivity contribution in [3.8, 4) is 0 Å². The highest BCUT2D eigenvalue weighted by Gasteiger charge is 2.22. The molecule has 1 aromatic carbocycles. The van der Waals surface area contributed by atoms with Gasteiger partial charge in [0, 0.05) is 36.7 Å². The molecule has 122 valence electrons. The SMILES string of the molecule is COCCC(NC(=O)C(C)CSc1ccc(F)cc1)C(=O)O. The third-order valence-corrected chi connectivity index (χ3v) is 4.26. The Hall–Kier alpha value is -1.60. The van der Waals surface area contributed by atoms with Crippen LogP contribution in [0.4, 0.5) is 4.39 Å². The van der Waals surface area contributed by atoms with E-state index in [1.54, 1.807) is 19.1 Å². The standard InChI is InChI=1S/C15H20FNO4S/c1-10(9-22-12-5-3-11(16)4-6-12)14(18)17-13(15(19)20)7-8-21-2/h3-6,10,13H,7-9H2,1-2H3,(H,17,18)(H,19,20). The maximum Gasteiger partial charge on any atom is 0.326 e. The summed E-state index contributed by atoms with van der Waals surface area (Å²) in [5.41, 5.74) is 0. The predicted molar refractivity (Wildman–Crippen MR) is 82.3 cm³/mol. The first-order valence-corrected chi connectivity index (χ1v) is 7.83. The second-order valence-electron chi connectivity index (χ2n) is 4.85. The molecule has 0 aromatic heterocycles. The van der Waals surface area contributed by atoms with Crippen LogP contribution in [0.25, 0.3) is 0 Å². The molecule has 0 aliphatic carbocycles. The van der Waals surface area contributed by atoms with Crippen molar-refractivity contribution in [1.82, 2.24) is 5.32 Å². The number of carbonyl (C=O) groups excluding carboxylic acids is 1. The van der Waals surface area contributed by atoms with Crippen molar-refractivity contribution in [3.05, 3.63) is 30.1 Å². The Morgan fingerprint density at radius 1 is 1.36 bits per heavy atom. The van der Waals surface area contributed by atoms with E-state index in [4.69, 9.17) is 9.84 Å². The third kappa shape index (κ3) is 6.44. The van der Waals surface area contributed by atoms with Crippen LogP contribution in [-0.4, -0.2) is 42.5 Å². The number of carboxylic acids is 1. The van der Waals surface area contributed by atoms with Crippen molar-refractivity contribution in [2.45, 2.75) is 24.3 Å². The largest absolute Gasteiger partial charge is 0.480 e. The Balaban J connectivity index is 2.46. The van der Waals surface area contributed by atoms with Crippen LogP contribution in [-0.2, 0) is 14.3 Å². The second-order valence-corrected chi connectivity index (χ2v) is 5.94. The molecule has 2 atom stereocenters. The molecule has 2 N–H and O–H groups in total. The zero-order chi connectivity index (χ0) is 16.5. The normalized spacial score (nSPS) is 13.4. The first-order valence-electron chi connectivity index (χ1n) is 6.84. The summed E-state index contributed by atoms with van der Waals surface area (Å²) in [7, 11) is 1.47. The molecule has 0 heterocycles. The van der Waals surface area contributed by atoms with Crippen LogP contribution in [0.1, 0.15) is 13.3 Å². The van der Waals surface area contributed by atoms with E-state index in [2.05, 4.69) is 5.32 Å². The maximum absolute atomic E-state index is 12.8. The average Bonchev–Trinajstić information content (AvgIpc) is 2.50. The van der Waals surface area contributed by atoms with E-state index in [0.717, 1.165) is 4.90 Å². The average molecular weight is 329 g/mol. The summed E-state index contributed by atoms with van der Waals surface area (Å²) in [5.74, 6) is -1.59.